The first kappa shape index (κ1) is 17.0. The number of amides is 2. The lowest BCUT2D eigenvalue weighted by Crippen LogP contribution is -2.33. The van der Waals surface area contributed by atoms with E-state index >= 15 is 0 Å². The summed E-state index contributed by atoms with van der Waals surface area (Å²) in [5.41, 5.74) is 1.94. The number of anilines is 1. The molecule has 0 radical (unpaired) electrons. The summed E-state index contributed by atoms with van der Waals surface area (Å²) in [4.78, 5) is 23.3. The summed E-state index contributed by atoms with van der Waals surface area (Å²) in [5, 5.41) is 6.00. The second kappa shape index (κ2) is 7.26. The van der Waals surface area contributed by atoms with Gasteiger partial charge in [0, 0.05) is 11.4 Å². The van der Waals surface area contributed by atoms with Gasteiger partial charge in [0.25, 0.3) is 0 Å². The smallest absolute Gasteiger partial charge is 0.318 e. The van der Waals surface area contributed by atoms with Crippen LogP contribution in [0.5, 0.6) is 0 Å². The number of hydrogen-bond donors (Lipinski definition) is 2. The number of benzene rings is 1. The molecule has 1 aliphatic carbocycles. The Morgan fingerprint density at radius 1 is 1.04 bits per heavy atom. The molecule has 5 nitrogen and oxygen atoms in total. The summed E-state index contributed by atoms with van der Waals surface area (Å²) < 4.78 is 37.7. The SMILES string of the molecule is O=C(NN=C1CCCCC1)C(=O)Nc1cccc(C(F)(F)F)c1. The van der Waals surface area contributed by atoms with Gasteiger partial charge in [0.1, 0.15) is 0 Å². The van der Waals surface area contributed by atoms with Gasteiger partial charge in [0.05, 0.1) is 5.56 Å². The van der Waals surface area contributed by atoms with Crippen LogP contribution in [-0.2, 0) is 15.8 Å². The summed E-state index contributed by atoms with van der Waals surface area (Å²) in [6.07, 6.45) is 0.125. The van der Waals surface area contributed by atoms with E-state index in [0.717, 1.165) is 56.0 Å². The predicted molar refractivity (Wildman–Crippen MR) is 78.7 cm³/mol. The monoisotopic (exact) mass is 327 g/mol. The molecule has 0 spiro atoms. The van der Waals surface area contributed by atoms with Crippen LogP contribution < -0.4 is 10.7 Å². The van der Waals surface area contributed by atoms with Gasteiger partial charge in [-0.1, -0.05) is 12.5 Å². The molecule has 8 heteroatoms. The van der Waals surface area contributed by atoms with Crippen molar-refractivity contribution in [1.29, 1.82) is 0 Å². The average molecular weight is 327 g/mol. The third kappa shape index (κ3) is 5.08. The van der Waals surface area contributed by atoms with Crippen molar-refractivity contribution in [3.05, 3.63) is 29.8 Å². The average Bonchev–Trinajstić information content (AvgIpc) is 2.53. The van der Waals surface area contributed by atoms with Crippen LogP contribution in [0.25, 0.3) is 0 Å². The van der Waals surface area contributed by atoms with Crippen LogP contribution in [0, 0.1) is 0 Å². The molecule has 0 unspecified atom stereocenters. The maximum Gasteiger partial charge on any atom is 0.416 e. The number of rotatable bonds is 2. The summed E-state index contributed by atoms with van der Waals surface area (Å²) in [6, 6.07) is 4.06. The zero-order valence-electron chi connectivity index (χ0n) is 12.2. The molecule has 1 aromatic rings. The molecule has 0 heterocycles. The van der Waals surface area contributed by atoms with E-state index in [-0.39, 0.29) is 5.69 Å². The Labute approximate surface area is 130 Å². The number of nitrogens with one attached hydrogen (secondary N) is 2. The molecule has 0 bridgehead atoms. The minimum atomic E-state index is -4.52. The molecule has 0 aliphatic heterocycles. The number of carbonyl (C=O) groups excluding carboxylic acids is 2. The number of alkyl halides is 3. The van der Waals surface area contributed by atoms with Crippen molar-refractivity contribution in [3.63, 3.8) is 0 Å². The second-order valence-electron chi connectivity index (χ2n) is 5.21. The van der Waals surface area contributed by atoms with Crippen LogP contribution >= 0.6 is 0 Å². The van der Waals surface area contributed by atoms with Crippen LogP contribution in [0.3, 0.4) is 0 Å². The van der Waals surface area contributed by atoms with E-state index < -0.39 is 23.6 Å². The zero-order valence-corrected chi connectivity index (χ0v) is 12.2. The fourth-order valence-electron chi connectivity index (χ4n) is 2.21. The van der Waals surface area contributed by atoms with Gasteiger partial charge in [-0.3, -0.25) is 9.59 Å². The lowest BCUT2D eigenvalue weighted by molar-refractivity contribution is -0.137. The lowest BCUT2D eigenvalue weighted by atomic mass is 9.99. The topological polar surface area (TPSA) is 70.6 Å². The molecule has 124 valence electrons. The van der Waals surface area contributed by atoms with Gasteiger partial charge in [-0.25, -0.2) is 5.43 Å². The highest BCUT2D eigenvalue weighted by Gasteiger charge is 2.30. The summed E-state index contributed by atoms with van der Waals surface area (Å²) in [6.45, 7) is 0. The molecule has 23 heavy (non-hydrogen) atoms. The van der Waals surface area contributed by atoms with Gasteiger partial charge in [0.2, 0.25) is 0 Å². The van der Waals surface area contributed by atoms with Gasteiger partial charge in [-0.05, 0) is 43.9 Å². The Hall–Kier alpha value is -2.38. The fourth-order valence-corrected chi connectivity index (χ4v) is 2.21. The van der Waals surface area contributed by atoms with Crippen molar-refractivity contribution in [2.45, 2.75) is 38.3 Å². The van der Waals surface area contributed by atoms with Crippen molar-refractivity contribution in [1.82, 2.24) is 5.43 Å². The van der Waals surface area contributed by atoms with E-state index in [0.29, 0.717) is 0 Å². The molecule has 2 amide bonds. The molecule has 2 N–H and O–H groups in total. The van der Waals surface area contributed by atoms with E-state index in [1.807, 2.05) is 0 Å². The van der Waals surface area contributed by atoms with Crippen LogP contribution in [-0.4, -0.2) is 17.5 Å². The third-order valence-electron chi connectivity index (χ3n) is 3.40. The Morgan fingerprint density at radius 3 is 2.39 bits per heavy atom. The van der Waals surface area contributed by atoms with Crippen LogP contribution in [0.1, 0.15) is 37.7 Å². The fraction of sp³-hybridized carbons (Fsp3) is 0.400. The quantitative estimate of drug-likeness (QED) is 0.647. The summed E-state index contributed by atoms with van der Waals surface area (Å²) in [7, 11) is 0. The van der Waals surface area contributed by atoms with E-state index in [2.05, 4.69) is 15.8 Å². The third-order valence-corrected chi connectivity index (χ3v) is 3.40. The Bertz CT molecular complexity index is 619. The largest absolute Gasteiger partial charge is 0.416 e. The lowest BCUT2D eigenvalue weighted by Gasteiger charge is -2.12. The molecule has 1 saturated carbocycles. The molecule has 2 rings (SSSR count). The molecule has 1 fully saturated rings. The summed E-state index contributed by atoms with van der Waals surface area (Å²) >= 11 is 0. The zero-order chi connectivity index (χ0) is 16.9. The van der Waals surface area contributed by atoms with Gasteiger partial charge in [0.15, 0.2) is 0 Å². The first-order chi connectivity index (χ1) is 10.9. The molecule has 0 atom stereocenters. The highest BCUT2D eigenvalue weighted by molar-refractivity contribution is 6.39. The number of hydrazone groups is 1. The van der Waals surface area contributed by atoms with Crippen molar-refractivity contribution in [3.8, 4) is 0 Å². The first-order valence-corrected chi connectivity index (χ1v) is 7.20. The van der Waals surface area contributed by atoms with Crippen molar-refractivity contribution < 1.29 is 22.8 Å². The highest BCUT2D eigenvalue weighted by atomic mass is 19.4. The minimum Gasteiger partial charge on any atom is -0.318 e. The first-order valence-electron chi connectivity index (χ1n) is 7.20. The Kier molecular flexibility index (Phi) is 5.36. The number of hydrogen-bond acceptors (Lipinski definition) is 3. The molecular weight excluding hydrogens is 311 g/mol. The molecular formula is C15H16F3N3O2. The minimum absolute atomic E-state index is 0.106. The highest BCUT2D eigenvalue weighted by Crippen LogP contribution is 2.30. The van der Waals surface area contributed by atoms with Gasteiger partial charge in [-0.2, -0.15) is 18.3 Å². The standard InChI is InChI=1S/C15H16F3N3O2/c16-15(17,18)10-5-4-8-12(9-10)19-13(22)14(23)21-20-11-6-2-1-3-7-11/h4-5,8-9H,1-3,6-7H2,(H,19,22)(H,21,23). The number of halogens is 3. The maximum atomic E-state index is 12.6. The molecule has 0 aromatic heterocycles. The predicted octanol–water partition coefficient (Wildman–Crippen LogP) is 3.08. The van der Waals surface area contributed by atoms with Gasteiger partial charge >= 0.3 is 18.0 Å². The van der Waals surface area contributed by atoms with Crippen molar-refractivity contribution in [2.75, 3.05) is 5.32 Å². The van der Waals surface area contributed by atoms with E-state index in [1.165, 1.54) is 6.07 Å². The number of nitrogens with zero attached hydrogens (tertiary/aromatic N) is 1. The molecule has 1 aromatic carbocycles. The van der Waals surface area contributed by atoms with E-state index in [9.17, 15) is 22.8 Å². The van der Waals surface area contributed by atoms with Gasteiger partial charge in [-0.15, -0.1) is 0 Å². The van der Waals surface area contributed by atoms with Crippen LogP contribution in [0.4, 0.5) is 18.9 Å². The Balaban J connectivity index is 1.94. The Morgan fingerprint density at radius 2 is 1.74 bits per heavy atom. The number of carbonyl (C=O) groups is 2. The second-order valence-corrected chi connectivity index (χ2v) is 5.21. The normalized spacial score (nSPS) is 15.0. The van der Waals surface area contributed by atoms with Gasteiger partial charge < -0.3 is 5.32 Å². The van der Waals surface area contributed by atoms with Crippen molar-refractivity contribution in [2.24, 2.45) is 5.10 Å². The van der Waals surface area contributed by atoms with Crippen molar-refractivity contribution >= 4 is 23.2 Å². The molecule has 0 saturated heterocycles. The molecule has 1 aliphatic rings. The summed E-state index contributed by atoms with van der Waals surface area (Å²) in [5.74, 6) is -2.08. The van der Waals surface area contributed by atoms with E-state index in [1.54, 1.807) is 0 Å². The van der Waals surface area contributed by atoms with Crippen LogP contribution in [0.15, 0.2) is 29.4 Å². The maximum absolute atomic E-state index is 12.6. The van der Waals surface area contributed by atoms with E-state index in [4.69, 9.17) is 0 Å². The van der Waals surface area contributed by atoms with Crippen LogP contribution in [0.2, 0.25) is 0 Å².